The van der Waals surface area contributed by atoms with Crippen molar-refractivity contribution in [1.82, 2.24) is 4.90 Å². The van der Waals surface area contributed by atoms with E-state index in [1.165, 1.54) is 0 Å². The second kappa shape index (κ2) is 18.0. The van der Waals surface area contributed by atoms with Gasteiger partial charge in [0, 0.05) is 19.6 Å². The molecule has 0 saturated heterocycles. The number of ether oxygens (including phenoxy) is 5. The van der Waals surface area contributed by atoms with Crippen molar-refractivity contribution in [2.75, 3.05) is 46.1 Å². The van der Waals surface area contributed by atoms with Crippen LogP contribution in [0.5, 0.6) is 0 Å². The minimum absolute atomic E-state index is 0.0336. The molecule has 216 valence electrons. The van der Waals surface area contributed by atoms with Crippen molar-refractivity contribution in [3.8, 4) is 0 Å². The zero-order valence-electron chi connectivity index (χ0n) is 22.9. The molecule has 2 rings (SSSR count). The fraction of sp³-hybridized carbons (Fsp3) is 0.517. The summed E-state index contributed by atoms with van der Waals surface area (Å²) in [7, 11) is 0. The van der Waals surface area contributed by atoms with E-state index in [1.54, 1.807) is 20.8 Å². The fourth-order valence-electron chi connectivity index (χ4n) is 3.47. The number of benzene rings is 2. The summed E-state index contributed by atoms with van der Waals surface area (Å²) in [6.45, 7) is 7.20. The lowest BCUT2D eigenvalue weighted by atomic mass is 10.2. The molecule has 1 atom stereocenters. The fourth-order valence-corrected chi connectivity index (χ4v) is 3.56. The van der Waals surface area contributed by atoms with E-state index in [0.717, 1.165) is 11.1 Å². The SMILES string of the molecule is CC(CN(CCO)CCOC(=O)OC(COCc1ccccc1)COCc1ccccc1)OC(=O)C(C)(C)Br. The van der Waals surface area contributed by atoms with Crippen LogP contribution in [-0.4, -0.2) is 84.7 Å². The van der Waals surface area contributed by atoms with Crippen LogP contribution >= 0.6 is 15.9 Å². The van der Waals surface area contributed by atoms with Crippen molar-refractivity contribution in [2.24, 2.45) is 0 Å². The Morgan fingerprint density at radius 3 is 1.92 bits per heavy atom. The molecule has 1 N–H and O–H groups in total. The summed E-state index contributed by atoms with van der Waals surface area (Å²) in [5.74, 6) is -0.381. The van der Waals surface area contributed by atoms with E-state index in [2.05, 4.69) is 15.9 Å². The Kier molecular flexibility index (Phi) is 15.1. The van der Waals surface area contributed by atoms with Gasteiger partial charge in [-0.2, -0.15) is 0 Å². The van der Waals surface area contributed by atoms with Crippen LogP contribution in [0.4, 0.5) is 4.79 Å². The predicted octanol–water partition coefficient (Wildman–Crippen LogP) is 4.34. The van der Waals surface area contributed by atoms with E-state index in [-0.39, 0.29) is 32.4 Å². The third-order valence-corrected chi connectivity index (χ3v) is 5.77. The Bertz CT molecular complexity index is 909. The van der Waals surface area contributed by atoms with Gasteiger partial charge in [-0.3, -0.25) is 9.69 Å². The number of aliphatic hydroxyl groups excluding tert-OH is 1. The molecule has 1 unspecified atom stereocenters. The topological polar surface area (TPSA) is 104 Å². The molecule has 0 fully saturated rings. The van der Waals surface area contributed by atoms with Gasteiger partial charge in [-0.1, -0.05) is 76.6 Å². The van der Waals surface area contributed by atoms with E-state index >= 15 is 0 Å². The maximum Gasteiger partial charge on any atom is 0.508 e. The average molecular weight is 611 g/mol. The van der Waals surface area contributed by atoms with Gasteiger partial charge in [0.15, 0.2) is 6.10 Å². The lowest BCUT2D eigenvalue weighted by molar-refractivity contribution is -0.150. The molecule has 2 aromatic rings. The molecule has 0 aliphatic carbocycles. The van der Waals surface area contributed by atoms with Crippen LogP contribution in [0.3, 0.4) is 0 Å². The number of carbonyl (C=O) groups excluding carboxylic acids is 2. The summed E-state index contributed by atoms with van der Waals surface area (Å²) in [5.41, 5.74) is 2.01. The van der Waals surface area contributed by atoms with Crippen molar-refractivity contribution in [2.45, 2.75) is 50.5 Å². The van der Waals surface area contributed by atoms with Gasteiger partial charge >= 0.3 is 12.1 Å². The van der Waals surface area contributed by atoms with Crippen LogP contribution in [0.15, 0.2) is 60.7 Å². The second-order valence-corrected chi connectivity index (χ2v) is 11.5. The largest absolute Gasteiger partial charge is 0.508 e. The second-order valence-electron chi connectivity index (χ2n) is 9.55. The molecule has 10 heteroatoms. The normalized spacial score (nSPS) is 12.4. The lowest BCUT2D eigenvalue weighted by Crippen LogP contribution is -2.40. The van der Waals surface area contributed by atoms with E-state index in [9.17, 15) is 14.7 Å². The molecule has 0 radical (unpaired) electrons. The summed E-state index contributed by atoms with van der Waals surface area (Å²) in [4.78, 5) is 26.4. The van der Waals surface area contributed by atoms with Gasteiger partial charge in [-0.15, -0.1) is 0 Å². The minimum atomic E-state index is -0.837. The number of hydrogen-bond donors (Lipinski definition) is 1. The number of hydrogen-bond acceptors (Lipinski definition) is 9. The van der Waals surface area contributed by atoms with Crippen LogP contribution in [-0.2, 0) is 41.7 Å². The Morgan fingerprint density at radius 1 is 0.897 bits per heavy atom. The third kappa shape index (κ3) is 14.5. The van der Waals surface area contributed by atoms with Gasteiger partial charge in [-0.25, -0.2) is 4.79 Å². The summed E-state index contributed by atoms with van der Waals surface area (Å²) in [6.07, 6.45) is -1.91. The van der Waals surface area contributed by atoms with Crippen molar-refractivity contribution in [3.63, 3.8) is 0 Å². The number of halogens is 1. The number of carbonyl (C=O) groups is 2. The molecule has 0 aliphatic rings. The molecule has 0 bridgehead atoms. The van der Waals surface area contributed by atoms with Crippen LogP contribution in [0.2, 0.25) is 0 Å². The number of alkyl halides is 1. The Labute approximate surface area is 239 Å². The lowest BCUT2D eigenvalue weighted by Gasteiger charge is -2.26. The molecule has 39 heavy (non-hydrogen) atoms. The molecular weight excluding hydrogens is 570 g/mol. The first-order valence-electron chi connectivity index (χ1n) is 13.0. The Balaban J connectivity index is 1.81. The summed E-state index contributed by atoms with van der Waals surface area (Å²) >= 11 is 3.28. The van der Waals surface area contributed by atoms with Crippen LogP contribution < -0.4 is 0 Å². The summed E-state index contributed by atoms with van der Waals surface area (Å²) < 4.78 is 27.0. The predicted molar refractivity (Wildman–Crippen MR) is 151 cm³/mol. The van der Waals surface area contributed by atoms with Gasteiger partial charge in [0.25, 0.3) is 0 Å². The Hall–Kier alpha value is -2.50. The van der Waals surface area contributed by atoms with Crippen LogP contribution in [0.1, 0.15) is 31.9 Å². The van der Waals surface area contributed by atoms with Crippen LogP contribution in [0.25, 0.3) is 0 Å². The van der Waals surface area contributed by atoms with E-state index in [1.807, 2.05) is 65.6 Å². The van der Waals surface area contributed by atoms with Gasteiger partial charge in [-0.05, 0) is 31.9 Å². The molecule has 0 aliphatic heterocycles. The standard InChI is InChI=1S/C29H40BrNO8/c1-23(38-27(33)29(2,3)30)18-31(14-16-32)15-17-37-28(34)39-26(21-35-19-24-10-6-4-7-11-24)22-36-20-25-12-8-5-9-13-25/h4-13,23,26,32H,14-22H2,1-3H3. The van der Waals surface area contributed by atoms with Gasteiger partial charge in [0.1, 0.15) is 17.0 Å². The van der Waals surface area contributed by atoms with Gasteiger partial charge in [0.2, 0.25) is 0 Å². The number of rotatable bonds is 18. The van der Waals surface area contributed by atoms with Crippen molar-refractivity contribution < 1.29 is 38.4 Å². The summed E-state index contributed by atoms with van der Waals surface area (Å²) in [6, 6.07) is 19.4. The highest BCUT2D eigenvalue weighted by atomic mass is 79.9. The van der Waals surface area contributed by atoms with Crippen molar-refractivity contribution in [1.29, 1.82) is 0 Å². The first-order valence-corrected chi connectivity index (χ1v) is 13.8. The molecular formula is C29H40BrNO8. The zero-order chi connectivity index (χ0) is 28.5. The highest BCUT2D eigenvalue weighted by Gasteiger charge is 2.27. The number of aliphatic hydroxyl groups is 1. The minimum Gasteiger partial charge on any atom is -0.460 e. The molecule has 9 nitrogen and oxygen atoms in total. The maximum atomic E-state index is 12.4. The van der Waals surface area contributed by atoms with Crippen molar-refractivity contribution in [3.05, 3.63) is 71.8 Å². The monoisotopic (exact) mass is 609 g/mol. The molecule has 0 amide bonds. The number of esters is 1. The van der Waals surface area contributed by atoms with E-state index in [0.29, 0.717) is 32.8 Å². The zero-order valence-corrected chi connectivity index (χ0v) is 24.5. The molecule has 0 aromatic heterocycles. The quantitative estimate of drug-likeness (QED) is 0.195. The molecule has 2 aromatic carbocycles. The maximum absolute atomic E-state index is 12.4. The third-order valence-electron chi connectivity index (χ3n) is 5.45. The smallest absolute Gasteiger partial charge is 0.460 e. The first kappa shape index (κ1) is 32.7. The van der Waals surface area contributed by atoms with Gasteiger partial charge in [0.05, 0.1) is 33.0 Å². The van der Waals surface area contributed by atoms with Crippen LogP contribution in [0, 0.1) is 0 Å². The first-order chi connectivity index (χ1) is 18.7. The number of nitrogens with zero attached hydrogens (tertiary/aromatic N) is 1. The van der Waals surface area contributed by atoms with Crippen molar-refractivity contribution >= 4 is 28.1 Å². The molecule has 0 spiro atoms. The summed E-state index contributed by atoms with van der Waals surface area (Å²) in [5, 5.41) is 9.40. The highest BCUT2D eigenvalue weighted by Crippen LogP contribution is 2.18. The van der Waals surface area contributed by atoms with E-state index in [4.69, 9.17) is 23.7 Å². The highest BCUT2D eigenvalue weighted by molar-refractivity contribution is 9.10. The van der Waals surface area contributed by atoms with Gasteiger partial charge < -0.3 is 28.8 Å². The molecule has 0 heterocycles. The Morgan fingerprint density at radius 2 is 1.44 bits per heavy atom. The van der Waals surface area contributed by atoms with E-state index < -0.39 is 22.7 Å². The average Bonchev–Trinajstić information content (AvgIpc) is 2.89. The molecule has 0 saturated carbocycles.